The lowest BCUT2D eigenvalue weighted by Crippen LogP contribution is -2.51. The highest BCUT2D eigenvalue weighted by Gasteiger charge is 2.54. The van der Waals surface area contributed by atoms with Gasteiger partial charge in [-0.1, -0.05) is 29.8 Å². The maximum Gasteiger partial charge on any atom is 0.234 e. The van der Waals surface area contributed by atoms with Crippen molar-refractivity contribution in [2.24, 2.45) is 5.41 Å². The van der Waals surface area contributed by atoms with E-state index in [-0.39, 0.29) is 29.7 Å². The highest BCUT2D eigenvalue weighted by Crippen LogP contribution is 2.49. The van der Waals surface area contributed by atoms with E-state index in [4.69, 9.17) is 0 Å². The van der Waals surface area contributed by atoms with Gasteiger partial charge in [0.25, 0.3) is 0 Å². The number of aryl methyl sites for hydroxylation is 1. The van der Waals surface area contributed by atoms with E-state index in [0.29, 0.717) is 6.42 Å². The normalized spacial score (nSPS) is 31.4. The Kier molecular flexibility index (Phi) is 3.16. The smallest absolute Gasteiger partial charge is 0.234 e. The van der Waals surface area contributed by atoms with E-state index in [1.54, 1.807) is 0 Å². The van der Waals surface area contributed by atoms with Crippen LogP contribution >= 0.6 is 0 Å². The number of hydrogen-bond acceptors (Lipinski definition) is 4. The Morgan fingerprint density at radius 1 is 1.29 bits per heavy atom. The minimum atomic E-state index is -3.18. The Labute approximate surface area is 123 Å². The third kappa shape index (κ3) is 2.48. The molecule has 2 amide bonds. The zero-order valence-electron chi connectivity index (χ0n) is 11.8. The number of imide groups is 1. The van der Waals surface area contributed by atoms with Crippen molar-refractivity contribution >= 4 is 21.7 Å². The molecule has 2 fully saturated rings. The SMILES string of the molecule is Cc1cccc(C2C(=O)NC(=O)CC23CCS(=O)(=O)C3)c1. The van der Waals surface area contributed by atoms with Crippen molar-refractivity contribution < 1.29 is 18.0 Å². The molecule has 5 nitrogen and oxygen atoms in total. The number of piperidine rings is 1. The highest BCUT2D eigenvalue weighted by atomic mass is 32.2. The summed E-state index contributed by atoms with van der Waals surface area (Å²) in [6, 6.07) is 7.51. The molecule has 1 spiro atoms. The molecule has 6 heteroatoms. The summed E-state index contributed by atoms with van der Waals surface area (Å²) in [5, 5.41) is 2.35. The van der Waals surface area contributed by atoms with Gasteiger partial charge in [-0.3, -0.25) is 14.9 Å². The van der Waals surface area contributed by atoms with Gasteiger partial charge in [0, 0.05) is 11.8 Å². The molecule has 2 unspecified atom stereocenters. The van der Waals surface area contributed by atoms with Gasteiger partial charge in [0.15, 0.2) is 9.84 Å². The predicted octanol–water partition coefficient (Wildman–Crippen LogP) is 0.930. The summed E-state index contributed by atoms with van der Waals surface area (Å²) in [6.07, 6.45) is 0.462. The molecular formula is C15H17NO4S. The summed E-state index contributed by atoms with van der Waals surface area (Å²) in [5.41, 5.74) is 1.01. The monoisotopic (exact) mass is 307 g/mol. The molecule has 21 heavy (non-hydrogen) atoms. The van der Waals surface area contributed by atoms with Crippen molar-refractivity contribution in [3.63, 3.8) is 0 Å². The fourth-order valence-electron chi connectivity index (χ4n) is 3.62. The molecule has 0 radical (unpaired) electrons. The molecule has 0 saturated carbocycles. The number of nitrogens with one attached hydrogen (secondary N) is 1. The van der Waals surface area contributed by atoms with Crippen LogP contribution in [0, 0.1) is 12.3 Å². The largest absolute Gasteiger partial charge is 0.296 e. The molecule has 2 atom stereocenters. The molecular weight excluding hydrogens is 290 g/mol. The van der Waals surface area contributed by atoms with E-state index in [2.05, 4.69) is 5.32 Å². The average Bonchev–Trinajstić information content (AvgIpc) is 2.64. The third-order valence-corrected chi connectivity index (χ3v) is 6.28. The summed E-state index contributed by atoms with van der Waals surface area (Å²) in [5.74, 6) is -1.37. The van der Waals surface area contributed by atoms with Crippen LogP contribution in [0.25, 0.3) is 0 Å². The van der Waals surface area contributed by atoms with Gasteiger partial charge in [-0.15, -0.1) is 0 Å². The number of amides is 2. The van der Waals surface area contributed by atoms with Gasteiger partial charge < -0.3 is 0 Å². The predicted molar refractivity (Wildman–Crippen MR) is 77.4 cm³/mol. The van der Waals surface area contributed by atoms with Crippen LogP contribution in [0.4, 0.5) is 0 Å². The van der Waals surface area contributed by atoms with Gasteiger partial charge in [0.05, 0.1) is 17.4 Å². The minimum absolute atomic E-state index is 0.0515. The summed E-state index contributed by atoms with van der Waals surface area (Å²) >= 11 is 0. The number of sulfone groups is 1. The lowest BCUT2D eigenvalue weighted by molar-refractivity contribution is -0.139. The van der Waals surface area contributed by atoms with Crippen molar-refractivity contribution in [1.29, 1.82) is 0 Å². The van der Waals surface area contributed by atoms with Crippen LogP contribution in [-0.2, 0) is 19.4 Å². The second-order valence-electron chi connectivity index (χ2n) is 6.14. The van der Waals surface area contributed by atoms with Crippen molar-refractivity contribution in [1.82, 2.24) is 5.32 Å². The minimum Gasteiger partial charge on any atom is -0.296 e. The maximum atomic E-state index is 12.4. The molecule has 1 N–H and O–H groups in total. The fraction of sp³-hybridized carbons (Fsp3) is 0.467. The molecule has 2 aliphatic rings. The van der Waals surface area contributed by atoms with Gasteiger partial charge >= 0.3 is 0 Å². The van der Waals surface area contributed by atoms with Gasteiger partial charge in [-0.2, -0.15) is 0 Å². The van der Waals surface area contributed by atoms with Crippen molar-refractivity contribution in [2.45, 2.75) is 25.7 Å². The molecule has 1 aromatic rings. The molecule has 2 aliphatic heterocycles. The summed E-state index contributed by atoms with van der Waals surface area (Å²) in [7, 11) is -3.18. The first-order valence-corrected chi connectivity index (χ1v) is 8.74. The van der Waals surface area contributed by atoms with Crippen LogP contribution in [0.5, 0.6) is 0 Å². The Balaban J connectivity index is 2.10. The van der Waals surface area contributed by atoms with Gasteiger partial charge in [0.1, 0.15) is 0 Å². The second kappa shape index (κ2) is 4.66. The maximum absolute atomic E-state index is 12.4. The van der Waals surface area contributed by atoms with E-state index in [1.165, 1.54) is 0 Å². The van der Waals surface area contributed by atoms with Crippen molar-refractivity contribution in [3.8, 4) is 0 Å². The van der Waals surface area contributed by atoms with Crippen LogP contribution in [-0.4, -0.2) is 31.7 Å². The van der Waals surface area contributed by atoms with Gasteiger partial charge in [0.2, 0.25) is 11.8 Å². The first-order valence-electron chi connectivity index (χ1n) is 6.92. The van der Waals surface area contributed by atoms with Gasteiger partial charge in [-0.05, 0) is 18.9 Å². The molecule has 0 bridgehead atoms. The number of benzene rings is 1. The second-order valence-corrected chi connectivity index (χ2v) is 8.32. The Morgan fingerprint density at radius 2 is 2.05 bits per heavy atom. The summed E-state index contributed by atoms with van der Waals surface area (Å²) < 4.78 is 23.8. The van der Waals surface area contributed by atoms with E-state index >= 15 is 0 Å². The number of carbonyl (C=O) groups is 2. The van der Waals surface area contributed by atoms with Crippen LogP contribution in [0.1, 0.15) is 29.9 Å². The van der Waals surface area contributed by atoms with Crippen molar-refractivity contribution in [2.75, 3.05) is 11.5 Å². The lowest BCUT2D eigenvalue weighted by atomic mass is 9.67. The quantitative estimate of drug-likeness (QED) is 0.783. The number of rotatable bonds is 1. The summed E-state index contributed by atoms with van der Waals surface area (Å²) in [6.45, 7) is 1.92. The standard InChI is InChI=1S/C15H17NO4S/c1-10-3-2-4-11(7-10)13-14(18)16-12(17)8-15(13)5-6-21(19,20)9-15/h2-4,7,13H,5-6,8-9H2,1H3,(H,16,17,18). The Bertz CT molecular complexity index is 725. The molecule has 3 rings (SSSR count). The molecule has 1 aromatic carbocycles. The zero-order chi connectivity index (χ0) is 15.3. The molecule has 0 aromatic heterocycles. The van der Waals surface area contributed by atoms with Crippen molar-refractivity contribution in [3.05, 3.63) is 35.4 Å². The van der Waals surface area contributed by atoms with E-state index in [1.807, 2.05) is 31.2 Å². The topological polar surface area (TPSA) is 80.3 Å². The van der Waals surface area contributed by atoms with E-state index in [9.17, 15) is 18.0 Å². The number of carbonyl (C=O) groups excluding carboxylic acids is 2. The molecule has 112 valence electrons. The van der Waals surface area contributed by atoms with E-state index in [0.717, 1.165) is 11.1 Å². The molecule has 2 saturated heterocycles. The highest BCUT2D eigenvalue weighted by molar-refractivity contribution is 7.91. The third-order valence-electron chi connectivity index (χ3n) is 4.44. The average molecular weight is 307 g/mol. The van der Waals surface area contributed by atoms with Gasteiger partial charge in [-0.25, -0.2) is 8.42 Å². The van der Waals surface area contributed by atoms with Crippen LogP contribution in [0.3, 0.4) is 0 Å². The first-order chi connectivity index (χ1) is 9.81. The molecule has 0 aliphatic carbocycles. The fourth-order valence-corrected chi connectivity index (χ4v) is 5.77. The zero-order valence-corrected chi connectivity index (χ0v) is 12.6. The van der Waals surface area contributed by atoms with Crippen LogP contribution < -0.4 is 5.32 Å². The van der Waals surface area contributed by atoms with Crippen LogP contribution in [0.2, 0.25) is 0 Å². The first kappa shape index (κ1) is 14.3. The van der Waals surface area contributed by atoms with Crippen LogP contribution in [0.15, 0.2) is 24.3 Å². The number of hydrogen-bond donors (Lipinski definition) is 1. The van der Waals surface area contributed by atoms with E-state index < -0.39 is 21.2 Å². The molecule has 2 heterocycles. The Hall–Kier alpha value is -1.69. The lowest BCUT2D eigenvalue weighted by Gasteiger charge is -2.39. The Morgan fingerprint density at radius 3 is 2.67 bits per heavy atom. The summed E-state index contributed by atoms with van der Waals surface area (Å²) in [4.78, 5) is 24.1.